The van der Waals surface area contributed by atoms with Crippen LogP contribution in [-0.2, 0) is 32.9 Å². The number of carbonyl (C=O) groups is 2. The average Bonchev–Trinajstić information content (AvgIpc) is 3.14. The molecule has 0 radical (unpaired) electrons. The molecule has 2 fully saturated rings. The predicted octanol–water partition coefficient (Wildman–Crippen LogP) is 6.93. The van der Waals surface area contributed by atoms with Crippen LogP contribution in [0.2, 0.25) is 5.02 Å². The normalized spacial score (nSPS) is 22.5. The summed E-state index contributed by atoms with van der Waals surface area (Å²) >= 11 is 6.09. The molecule has 2 aliphatic rings. The van der Waals surface area contributed by atoms with Crippen LogP contribution in [0.25, 0.3) is 0 Å². The Morgan fingerprint density at radius 3 is 2.27 bits per heavy atom. The van der Waals surface area contributed by atoms with E-state index < -0.39 is 24.0 Å². The molecule has 1 unspecified atom stereocenters. The summed E-state index contributed by atoms with van der Waals surface area (Å²) in [6.07, 6.45) is 0.345. The van der Waals surface area contributed by atoms with E-state index in [0.29, 0.717) is 49.6 Å². The van der Waals surface area contributed by atoms with Crippen LogP contribution in [0, 0.1) is 5.92 Å². The van der Waals surface area contributed by atoms with E-state index in [2.05, 4.69) is 22.5 Å². The minimum Gasteiger partial charge on any atom is -0.392 e. The standard InChI is InChI=1S/C41H46ClN3O6/c1-27-37(25-45-21-19-41(49,20-22-45)33-15-17-34(42)18-16-33)50-39(51-38(27)31-13-11-30(26-46)12-14-31)32-9-6-10-35(24-32)43-40(48)44-36(28(2)47)23-29-7-4-3-5-8-29/h3-18,24,27,36-39,46,49H,19-23,25-26H2,1-2H3,(H2,43,44,48)/t27-,36+,37+,38+,39?/m0/s1. The number of Topliss-reactive ketones (excluding diaryl/α,β-unsaturated/α-hetero) is 1. The monoisotopic (exact) mass is 711 g/mol. The zero-order valence-corrected chi connectivity index (χ0v) is 29.8. The maximum atomic E-state index is 13.1. The van der Waals surface area contributed by atoms with Crippen LogP contribution in [0.1, 0.15) is 66.9 Å². The first-order valence-electron chi connectivity index (χ1n) is 17.5. The Morgan fingerprint density at radius 2 is 1.61 bits per heavy atom. The van der Waals surface area contributed by atoms with Crippen molar-refractivity contribution >= 4 is 29.1 Å². The molecule has 4 N–H and O–H groups in total. The van der Waals surface area contributed by atoms with Gasteiger partial charge < -0.3 is 35.2 Å². The van der Waals surface area contributed by atoms with Gasteiger partial charge in [-0.05, 0) is 72.7 Å². The maximum absolute atomic E-state index is 13.1. The number of carbonyl (C=O) groups excluding carboxylic acids is 2. The van der Waals surface area contributed by atoms with Gasteiger partial charge in [0.15, 0.2) is 12.1 Å². The van der Waals surface area contributed by atoms with Crippen LogP contribution < -0.4 is 10.6 Å². The average molecular weight is 712 g/mol. The lowest BCUT2D eigenvalue weighted by atomic mass is 9.84. The molecule has 4 aromatic rings. The number of benzene rings is 4. The second-order valence-corrected chi connectivity index (χ2v) is 14.2. The maximum Gasteiger partial charge on any atom is 0.319 e. The predicted molar refractivity (Wildman–Crippen MR) is 197 cm³/mol. The Bertz CT molecular complexity index is 1760. The first kappa shape index (κ1) is 36.7. The summed E-state index contributed by atoms with van der Waals surface area (Å²) in [4.78, 5) is 27.8. The summed E-state index contributed by atoms with van der Waals surface area (Å²) in [6, 6.07) is 31.0. The molecule has 0 aromatic heterocycles. The largest absolute Gasteiger partial charge is 0.392 e. The molecule has 51 heavy (non-hydrogen) atoms. The summed E-state index contributed by atoms with van der Waals surface area (Å²) in [5.41, 5.74) is 4.01. The number of halogens is 1. The van der Waals surface area contributed by atoms with Crippen LogP contribution in [0.5, 0.6) is 0 Å². The number of rotatable bonds is 11. The van der Waals surface area contributed by atoms with Gasteiger partial charge in [0.25, 0.3) is 0 Å². The van der Waals surface area contributed by atoms with Gasteiger partial charge in [-0.1, -0.05) is 97.4 Å². The molecule has 2 amide bonds. The molecule has 5 atom stereocenters. The summed E-state index contributed by atoms with van der Waals surface area (Å²) in [5.74, 6) is -0.146. The SMILES string of the molecule is CC(=O)[C@@H](Cc1ccccc1)NC(=O)Nc1cccc(C2O[C@H](CN3CCC(O)(c4ccc(Cl)cc4)CC3)[C@H](C)[C@H](c3ccc(CO)cc3)O2)c1. The van der Waals surface area contributed by atoms with E-state index in [9.17, 15) is 19.8 Å². The molecule has 0 aliphatic carbocycles. The number of ether oxygens (including phenoxy) is 2. The fraction of sp³-hybridized carbons (Fsp3) is 0.366. The highest BCUT2D eigenvalue weighted by molar-refractivity contribution is 6.30. The first-order chi connectivity index (χ1) is 24.6. The topological polar surface area (TPSA) is 120 Å². The summed E-state index contributed by atoms with van der Waals surface area (Å²) in [7, 11) is 0. The van der Waals surface area contributed by atoms with Crippen molar-refractivity contribution < 1.29 is 29.3 Å². The van der Waals surface area contributed by atoms with Gasteiger partial charge in [0.2, 0.25) is 0 Å². The molecule has 0 spiro atoms. The highest BCUT2D eigenvalue weighted by atomic mass is 35.5. The molecule has 10 heteroatoms. The van der Waals surface area contributed by atoms with Gasteiger partial charge in [-0.3, -0.25) is 4.79 Å². The fourth-order valence-corrected chi connectivity index (χ4v) is 7.10. The molecule has 268 valence electrons. The van der Waals surface area contributed by atoms with Crippen molar-refractivity contribution in [2.24, 2.45) is 5.92 Å². The Labute approximate surface area is 304 Å². The van der Waals surface area contributed by atoms with Gasteiger partial charge >= 0.3 is 6.03 Å². The molecular formula is C41H46ClN3O6. The third-order valence-corrected chi connectivity index (χ3v) is 10.4. The Kier molecular flexibility index (Phi) is 11.9. The van der Waals surface area contributed by atoms with E-state index >= 15 is 0 Å². The van der Waals surface area contributed by atoms with Gasteiger partial charge in [0, 0.05) is 41.8 Å². The lowest BCUT2D eigenvalue weighted by molar-refractivity contribution is -0.277. The molecule has 2 heterocycles. The van der Waals surface area contributed by atoms with Crippen LogP contribution in [0.4, 0.5) is 10.5 Å². The number of nitrogens with one attached hydrogen (secondary N) is 2. The number of anilines is 1. The Balaban J connectivity index is 1.16. The number of amides is 2. The Morgan fingerprint density at radius 1 is 0.902 bits per heavy atom. The van der Waals surface area contributed by atoms with E-state index in [1.54, 1.807) is 6.07 Å². The summed E-state index contributed by atoms with van der Waals surface area (Å²) in [6.45, 7) is 5.61. The van der Waals surface area contributed by atoms with E-state index in [-0.39, 0.29) is 30.5 Å². The van der Waals surface area contributed by atoms with Gasteiger partial charge in [0.05, 0.1) is 30.5 Å². The number of likely N-dealkylation sites (tertiary alicyclic amines) is 1. The van der Waals surface area contributed by atoms with Gasteiger partial charge in [-0.25, -0.2) is 4.79 Å². The van der Waals surface area contributed by atoms with Crippen molar-refractivity contribution in [2.45, 2.75) is 69.9 Å². The lowest BCUT2D eigenvalue weighted by Crippen LogP contribution is -2.49. The smallest absolute Gasteiger partial charge is 0.319 e. The molecule has 4 aromatic carbocycles. The van der Waals surface area contributed by atoms with Crippen molar-refractivity contribution in [1.82, 2.24) is 10.2 Å². The first-order valence-corrected chi connectivity index (χ1v) is 17.9. The second-order valence-electron chi connectivity index (χ2n) is 13.7. The number of nitrogens with zero attached hydrogens (tertiary/aromatic N) is 1. The number of aliphatic hydroxyl groups is 2. The minimum absolute atomic E-state index is 0.0153. The zero-order valence-electron chi connectivity index (χ0n) is 29.0. The van der Waals surface area contributed by atoms with Crippen LogP contribution >= 0.6 is 11.6 Å². The number of ketones is 1. The highest BCUT2D eigenvalue weighted by Crippen LogP contribution is 2.43. The highest BCUT2D eigenvalue weighted by Gasteiger charge is 2.41. The molecule has 0 saturated carbocycles. The van der Waals surface area contributed by atoms with Crippen molar-refractivity contribution in [3.05, 3.63) is 136 Å². The second kappa shape index (κ2) is 16.5. The van der Waals surface area contributed by atoms with E-state index in [1.165, 1.54) is 6.92 Å². The van der Waals surface area contributed by atoms with E-state index in [4.69, 9.17) is 21.1 Å². The van der Waals surface area contributed by atoms with E-state index in [1.807, 2.05) is 97.1 Å². The number of hydrogen-bond donors (Lipinski definition) is 4. The third kappa shape index (κ3) is 9.23. The van der Waals surface area contributed by atoms with Crippen molar-refractivity contribution in [2.75, 3.05) is 25.0 Å². The fourth-order valence-electron chi connectivity index (χ4n) is 6.97. The number of aliphatic hydroxyl groups excluding tert-OH is 1. The van der Waals surface area contributed by atoms with Crippen LogP contribution in [0.3, 0.4) is 0 Å². The van der Waals surface area contributed by atoms with Crippen molar-refractivity contribution in [3.8, 4) is 0 Å². The van der Waals surface area contributed by atoms with Gasteiger partial charge in [0.1, 0.15) is 0 Å². The lowest BCUT2D eigenvalue weighted by Gasteiger charge is -2.45. The molecule has 2 aliphatic heterocycles. The summed E-state index contributed by atoms with van der Waals surface area (Å²) < 4.78 is 13.4. The van der Waals surface area contributed by atoms with Crippen molar-refractivity contribution in [3.63, 3.8) is 0 Å². The quantitative estimate of drug-likeness (QED) is 0.133. The van der Waals surface area contributed by atoms with Crippen LogP contribution in [-0.4, -0.2) is 58.7 Å². The molecular weight excluding hydrogens is 666 g/mol. The molecule has 2 saturated heterocycles. The Hall–Kier alpha value is -4.09. The van der Waals surface area contributed by atoms with Gasteiger partial charge in [-0.2, -0.15) is 0 Å². The van der Waals surface area contributed by atoms with E-state index in [0.717, 1.165) is 27.8 Å². The third-order valence-electron chi connectivity index (χ3n) is 10.1. The van der Waals surface area contributed by atoms with Crippen molar-refractivity contribution in [1.29, 1.82) is 0 Å². The van der Waals surface area contributed by atoms with Crippen LogP contribution in [0.15, 0.2) is 103 Å². The van der Waals surface area contributed by atoms with Gasteiger partial charge in [-0.15, -0.1) is 0 Å². The molecule has 0 bridgehead atoms. The number of urea groups is 1. The minimum atomic E-state index is -0.908. The zero-order chi connectivity index (χ0) is 36.0. The summed E-state index contributed by atoms with van der Waals surface area (Å²) in [5, 5.41) is 27.4. The number of hydrogen-bond acceptors (Lipinski definition) is 7. The molecule has 9 nitrogen and oxygen atoms in total. The number of piperidine rings is 1. The molecule has 6 rings (SSSR count).